The largest absolute Gasteiger partial charge is 0.507 e. The maximum absolute atomic E-state index is 13.6. The Labute approximate surface area is 248 Å². The maximum Gasteiger partial charge on any atom is 0.344 e. The fourth-order valence-electron chi connectivity index (χ4n) is 5.59. The van der Waals surface area contributed by atoms with E-state index in [1.165, 1.54) is 0 Å². The number of ether oxygens (including phenoxy) is 1. The van der Waals surface area contributed by atoms with E-state index in [1.807, 2.05) is 78.9 Å². The Balaban J connectivity index is 1.45. The van der Waals surface area contributed by atoms with E-state index < -0.39 is 11.5 Å². The number of anilines is 1. The summed E-state index contributed by atoms with van der Waals surface area (Å²) in [6.45, 7) is 0.346. The van der Waals surface area contributed by atoms with Crippen molar-refractivity contribution in [2.24, 2.45) is 0 Å². The van der Waals surface area contributed by atoms with Gasteiger partial charge in [0.05, 0.1) is 24.0 Å². The summed E-state index contributed by atoms with van der Waals surface area (Å²) < 4.78 is 11.1. The summed E-state index contributed by atoms with van der Waals surface area (Å²) in [5, 5.41) is 16.0. The second-order valence-electron chi connectivity index (χ2n) is 10.3. The average Bonchev–Trinajstić information content (AvgIpc) is 3.41. The molecule has 8 nitrogen and oxygen atoms in total. The lowest BCUT2D eigenvalue weighted by atomic mass is 9.85. The number of carbonyl (C=O) groups excluding carboxylic acids is 1. The van der Waals surface area contributed by atoms with E-state index in [1.54, 1.807) is 43.3 Å². The van der Waals surface area contributed by atoms with Crippen molar-refractivity contribution in [1.82, 2.24) is 10.3 Å². The average molecular weight is 574 g/mol. The number of carbonyl (C=O) groups is 1. The van der Waals surface area contributed by atoms with Gasteiger partial charge in [-0.2, -0.15) is 0 Å². The lowest BCUT2D eigenvalue weighted by Gasteiger charge is -2.21. The van der Waals surface area contributed by atoms with Gasteiger partial charge in [-0.15, -0.1) is 0 Å². The van der Waals surface area contributed by atoms with Gasteiger partial charge < -0.3 is 24.6 Å². The molecule has 4 aromatic carbocycles. The van der Waals surface area contributed by atoms with Gasteiger partial charge in [-0.05, 0) is 60.0 Å². The van der Waals surface area contributed by atoms with Gasteiger partial charge in [-0.3, -0.25) is 4.90 Å². The minimum absolute atomic E-state index is 0.129. The molecule has 1 atom stereocenters. The number of H-pyrrole nitrogens is 1. The van der Waals surface area contributed by atoms with Crippen molar-refractivity contribution in [1.29, 1.82) is 0 Å². The zero-order valence-corrected chi connectivity index (χ0v) is 23.8. The van der Waals surface area contributed by atoms with Gasteiger partial charge in [-0.1, -0.05) is 60.7 Å². The summed E-state index contributed by atoms with van der Waals surface area (Å²) in [5.74, 6) is -0.161. The van der Waals surface area contributed by atoms with Crippen LogP contribution in [-0.4, -0.2) is 36.8 Å². The van der Waals surface area contributed by atoms with Crippen molar-refractivity contribution in [3.8, 4) is 11.5 Å². The number of benzene rings is 4. The summed E-state index contributed by atoms with van der Waals surface area (Å²) in [4.78, 5) is 31.7. The molecule has 0 aliphatic carbocycles. The molecule has 2 amide bonds. The van der Waals surface area contributed by atoms with Crippen LogP contribution in [0.2, 0.25) is 0 Å². The minimum Gasteiger partial charge on any atom is -0.507 e. The number of aromatic nitrogens is 1. The first-order chi connectivity index (χ1) is 21.0. The van der Waals surface area contributed by atoms with Gasteiger partial charge >= 0.3 is 11.7 Å². The second-order valence-corrected chi connectivity index (χ2v) is 10.3. The molecule has 2 heterocycles. The van der Waals surface area contributed by atoms with Crippen molar-refractivity contribution in [3.05, 3.63) is 136 Å². The summed E-state index contributed by atoms with van der Waals surface area (Å²) in [7, 11) is 3.32. The smallest absolute Gasteiger partial charge is 0.344 e. The molecule has 0 spiro atoms. The van der Waals surface area contributed by atoms with Crippen LogP contribution in [-0.2, 0) is 6.42 Å². The number of nitrogens with one attached hydrogen (secondary N) is 2. The first-order valence-electron chi connectivity index (χ1n) is 14.0. The predicted octanol–water partition coefficient (Wildman–Crippen LogP) is 6.56. The second kappa shape index (κ2) is 11.8. The van der Waals surface area contributed by atoms with E-state index in [0.717, 1.165) is 33.4 Å². The van der Waals surface area contributed by atoms with Gasteiger partial charge in [0.25, 0.3) is 0 Å². The molecule has 3 N–H and O–H groups in total. The molecule has 0 saturated heterocycles. The summed E-state index contributed by atoms with van der Waals surface area (Å²) in [5.41, 5.74) is 3.89. The fourth-order valence-corrected chi connectivity index (χ4v) is 5.59. The van der Waals surface area contributed by atoms with E-state index in [-0.39, 0.29) is 17.3 Å². The van der Waals surface area contributed by atoms with Crippen LogP contribution in [0.3, 0.4) is 0 Å². The number of aromatic hydroxyl groups is 1. The zero-order chi connectivity index (χ0) is 29.9. The topological polar surface area (TPSA) is 108 Å². The first kappa shape index (κ1) is 27.7. The van der Waals surface area contributed by atoms with Gasteiger partial charge in [0.1, 0.15) is 17.1 Å². The maximum atomic E-state index is 13.6. The third-order valence-corrected chi connectivity index (χ3v) is 7.79. The number of urea groups is 1. The van der Waals surface area contributed by atoms with Crippen molar-refractivity contribution in [3.63, 3.8) is 0 Å². The molecule has 6 aromatic rings. The van der Waals surface area contributed by atoms with Crippen molar-refractivity contribution >= 4 is 33.6 Å². The van der Waals surface area contributed by atoms with Crippen LogP contribution in [0.5, 0.6) is 11.5 Å². The number of fused-ring (bicyclic) bond motifs is 2. The van der Waals surface area contributed by atoms with E-state index in [2.05, 4.69) is 10.3 Å². The number of hydrogen-bond donors (Lipinski definition) is 3. The van der Waals surface area contributed by atoms with Crippen LogP contribution in [0.25, 0.3) is 21.9 Å². The first-order valence-corrected chi connectivity index (χ1v) is 14.0. The van der Waals surface area contributed by atoms with Crippen LogP contribution in [0.1, 0.15) is 28.3 Å². The van der Waals surface area contributed by atoms with Gasteiger partial charge in [0, 0.05) is 35.9 Å². The number of amides is 2. The third-order valence-electron chi connectivity index (χ3n) is 7.79. The van der Waals surface area contributed by atoms with E-state index in [0.29, 0.717) is 29.7 Å². The van der Waals surface area contributed by atoms with Crippen LogP contribution in [0, 0.1) is 0 Å². The SMILES string of the molecule is COc1ccc(C(c2[nH]c3ccccc3c2CCNC(=O)N(C)c2ccccc2)c2c(O)c3ccccc3oc2=O)cc1. The summed E-state index contributed by atoms with van der Waals surface area (Å²) in [6.07, 6.45) is 0.472. The Hall–Kier alpha value is -5.50. The van der Waals surface area contributed by atoms with Gasteiger partial charge in [-0.25, -0.2) is 9.59 Å². The monoisotopic (exact) mass is 573 g/mol. The molecule has 1 unspecified atom stereocenters. The molecule has 43 heavy (non-hydrogen) atoms. The highest BCUT2D eigenvalue weighted by Gasteiger charge is 2.30. The summed E-state index contributed by atoms with van der Waals surface area (Å²) in [6, 6.07) is 31.4. The number of rotatable bonds is 8. The Bertz CT molecular complexity index is 1960. The molecule has 8 heteroatoms. The molecule has 6 rings (SSSR count). The van der Waals surface area contributed by atoms with Crippen LogP contribution >= 0.6 is 0 Å². The highest BCUT2D eigenvalue weighted by Crippen LogP contribution is 2.41. The normalized spacial score (nSPS) is 11.9. The highest BCUT2D eigenvalue weighted by atomic mass is 16.5. The summed E-state index contributed by atoms with van der Waals surface area (Å²) >= 11 is 0. The number of para-hydroxylation sites is 3. The highest BCUT2D eigenvalue weighted by molar-refractivity contribution is 5.91. The predicted molar refractivity (Wildman–Crippen MR) is 168 cm³/mol. The minimum atomic E-state index is -0.697. The van der Waals surface area contributed by atoms with Gasteiger partial charge in [0.15, 0.2) is 0 Å². The lowest BCUT2D eigenvalue weighted by Crippen LogP contribution is -2.38. The number of hydrogen-bond acceptors (Lipinski definition) is 5. The number of aromatic amines is 1. The fraction of sp³-hybridized carbons (Fsp3) is 0.143. The third kappa shape index (κ3) is 5.30. The molecule has 2 aromatic heterocycles. The van der Waals surface area contributed by atoms with E-state index in [9.17, 15) is 14.7 Å². The zero-order valence-electron chi connectivity index (χ0n) is 23.8. The standard InChI is InChI=1S/C35H31N3O5/c1-38(23-10-4-3-5-11-23)35(41)36-21-20-26-25-12-6-8-14-28(25)37-32(26)30(22-16-18-24(42-2)19-17-22)31-33(39)27-13-7-9-15-29(27)43-34(31)40/h3-19,30,37,39H,20-21H2,1-2H3,(H,36,41). The van der Waals surface area contributed by atoms with Crippen molar-refractivity contribution in [2.75, 3.05) is 25.6 Å². The lowest BCUT2D eigenvalue weighted by molar-refractivity contribution is 0.247. The van der Waals surface area contributed by atoms with E-state index >= 15 is 0 Å². The molecule has 0 fully saturated rings. The Morgan fingerprint density at radius 1 is 0.930 bits per heavy atom. The molecule has 0 aliphatic heterocycles. The van der Waals surface area contributed by atoms with Crippen LogP contribution < -0.4 is 20.6 Å². The molecular formula is C35H31N3O5. The molecule has 0 aliphatic rings. The quantitative estimate of drug-likeness (QED) is 0.179. The Morgan fingerprint density at radius 3 is 2.35 bits per heavy atom. The molecule has 0 bridgehead atoms. The van der Waals surface area contributed by atoms with Crippen molar-refractivity contribution < 1.29 is 19.1 Å². The van der Waals surface area contributed by atoms with E-state index in [4.69, 9.17) is 9.15 Å². The number of nitrogens with zero attached hydrogens (tertiary/aromatic N) is 1. The number of methoxy groups -OCH3 is 1. The Morgan fingerprint density at radius 2 is 1.60 bits per heavy atom. The molecule has 0 saturated carbocycles. The van der Waals surface area contributed by atoms with Crippen LogP contribution in [0.4, 0.5) is 10.5 Å². The Kier molecular flexibility index (Phi) is 7.57. The molecular weight excluding hydrogens is 542 g/mol. The van der Waals surface area contributed by atoms with Crippen molar-refractivity contribution in [2.45, 2.75) is 12.3 Å². The van der Waals surface area contributed by atoms with Gasteiger partial charge in [0.2, 0.25) is 0 Å². The molecule has 0 radical (unpaired) electrons. The molecule has 216 valence electrons. The van der Waals surface area contributed by atoms with Crippen LogP contribution in [0.15, 0.2) is 112 Å².